The largest absolute Gasteiger partial charge is 0.486 e. The van der Waals surface area contributed by atoms with Crippen molar-refractivity contribution >= 4 is 23.2 Å². The van der Waals surface area contributed by atoms with Crippen molar-refractivity contribution in [1.82, 2.24) is 9.88 Å². The molecule has 0 N–H and O–H groups in total. The van der Waals surface area contributed by atoms with Gasteiger partial charge in [0.05, 0.1) is 12.5 Å². The Balaban J connectivity index is 1.57. The van der Waals surface area contributed by atoms with E-state index in [4.69, 9.17) is 9.47 Å². The second kappa shape index (κ2) is 8.94. The molecule has 0 bridgehead atoms. The van der Waals surface area contributed by atoms with Gasteiger partial charge in [-0.25, -0.2) is 9.37 Å². The Morgan fingerprint density at radius 1 is 1.33 bits per heavy atom. The third-order valence-electron chi connectivity index (χ3n) is 4.28. The van der Waals surface area contributed by atoms with Crippen molar-refractivity contribution < 1.29 is 23.5 Å². The smallest absolute Gasteiger partial charge is 0.310 e. The highest BCUT2D eigenvalue weighted by atomic mass is 32.1. The van der Waals surface area contributed by atoms with E-state index in [0.717, 1.165) is 12.8 Å². The molecule has 8 heteroatoms. The number of aromatic nitrogens is 1. The van der Waals surface area contributed by atoms with Crippen molar-refractivity contribution in [3.63, 3.8) is 0 Å². The van der Waals surface area contributed by atoms with E-state index in [0.29, 0.717) is 36.1 Å². The Morgan fingerprint density at radius 3 is 2.85 bits per heavy atom. The lowest BCUT2D eigenvalue weighted by Gasteiger charge is -2.31. The fourth-order valence-electron chi connectivity index (χ4n) is 2.93. The number of thiazole rings is 1. The van der Waals surface area contributed by atoms with Gasteiger partial charge in [0, 0.05) is 18.5 Å². The maximum absolute atomic E-state index is 12.9. The molecule has 1 amide bonds. The predicted octanol–water partition coefficient (Wildman–Crippen LogP) is 3.28. The molecule has 0 aliphatic carbocycles. The topological polar surface area (TPSA) is 68.7 Å². The summed E-state index contributed by atoms with van der Waals surface area (Å²) >= 11 is 1.33. The first-order chi connectivity index (χ1) is 13.1. The summed E-state index contributed by atoms with van der Waals surface area (Å²) in [5.74, 6) is -0.502. The molecule has 1 aliphatic heterocycles. The molecule has 27 heavy (non-hydrogen) atoms. The van der Waals surface area contributed by atoms with Gasteiger partial charge in [-0.1, -0.05) is 0 Å². The Kier molecular flexibility index (Phi) is 6.39. The Hall–Kier alpha value is -2.48. The molecule has 2 heterocycles. The van der Waals surface area contributed by atoms with Crippen molar-refractivity contribution in [2.75, 3.05) is 19.7 Å². The van der Waals surface area contributed by atoms with Crippen LogP contribution in [0.3, 0.4) is 0 Å². The van der Waals surface area contributed by atoms with Gasteiger partial charge in [0.2, 0.25) is 0 Å². The number of ether oxygens (including phenoxy) is 2. The molecule has 1 unspecified atom stereocenters. The Labute approximate surface area is 160 Å². The molecule has 0 spiro atoms. The van der Waals surface area contributed by atoms with Crippen LogP contribution in [0.5, 0.6) is 5.75 Å². The summed E-state index contributed by atoms with van der Waals surface area (Å²) in [5, 5.41) is 2.35. The van der Waals surface area contributed by atoms with Crippen molar-refractivity contribution in [2.24, 2.45) is 5.92 Å². The van der Waals surface area contributed by atoms with Crippen LogP contribution in [0.2, 0.25) is 0 Å². The summed E-state index contributed by atoms with van der Waals surface area (Å²) < 4.78 is 23.5. The summed E-state index contributed by atoms with van der Waals surface area (Å²) in [6.45, 7) is 3.28. The number of piperidine rings is 1. The Morgan fingerprint density at radius 2 is 2.11 bits per heavy atom. The first-order valence-corrected chi connectivity index (χ1v) is 9.73. The minimum atomic E-state index is -0.327. The Bertz CT molecular complexity index is 793. The minimum Gasteiger partial charge on any atom is -0.486 e. The number of carbonyl (C=O) groups is 2. The van der Waals surface area contributed by atoms with Gasteiger partial charge < -0.3 is 14.4 Å². The van der Waals surface area contributed by atoms with Crippen LogP contribution in [-0.2, 0) is 16.1 Å². The van der Waals surface area contributed by atoms with Crippen molar-refractivity contribution in [2.45, 2.75) is 26.4 Å². The fraction of sp³-hybridized carbons (Fsp3) is 0.421. The maximum atomic E-state index is 12.9. The maximum Gasteiger partial charge on any atom is 0.310 e. The van der Waals surface area contributed by atoms with Crippen molar-refractivity contribution in [1.29, 1.82) is 0 Å². The number of rotatable bonds is 6. The van der Waals surface area contributed by atoms with E-state index in [1.807, 2.05) is 0 Å². The fourth-order valence-corrected chi connectivity index (χ4v) is 3.61. The lowest BCUT2D eigenvalue weighted by molar-refractivity contribution is -0.149. The molecular weight excluding hydrogens is 371 g/mol. The van der Waals surface area contributed by atoms with E-state index in [2.05, 4.69) is 4.98 Å². The van der Waals surface area contributed by atoms with Crippen LogP contribution >= 0.6 is 11.3 Å². The van der Waals surface area contributed by atoms with Gasteiger partial charge in [-0.2, -0.15) is 0 Å². The molecule has 1 aromatic heterocycles. The normalized spacial score (nSPS) is 16.8. The number of amides is 1. The van der Waals surface area contributed by atoms with Crippen LogP contribution in [0.15, 0.2) is 29.6 Å². The van der Waals surface area contributed by atoms with Crippen molar-refractivity contribution in [3.05, 3.63) is 46.2 Å². The number of nitrogens with zero attached hydrogens (tertiary/aromatic N) is 2. The van der Waals surface area contributed by atoms with Gasteiger partial charge in [-0.15, -0.1) is 11.3 Å². The standard InChI is InChI=1S/C19H21FN2O4S/c1-2-25-19(24)13-4-3-9-22(10-13)18(23)16-12-27-17(21-16)11-26-15-7-5-14(20)6-8-15/h5-8,12-13H,2-4,9-11H2,1H3. The second-order valence-corrected chi connectivity index (χ2v) is 7.15. The average Bonchev–Trinajstić information content (AvgIpc) is 3.16. The number of carbonyl (C=O) groups excluding carboxylic acids is 2. The van der Waals surface area contributed by atoms with E-state index in [1.54, 1.807) is 17.2 Å². The second-order valence-electron chi connectivity index (χ2n) is 6.21. The SMILES string of the molecule is CCOC(=O)C1CCCN(C(=O)c2csc(COc3ccc(F)cc3)n2)C1. The first-order valence-electron chi connectivity index (χ1n) is 8.85. The van der Waals surface area contributed by atoms with E-state index in [-0.39, 0.29) is 30.2 Å². The summed E-state index contributed by atoms with van der Waals surface area (Å²) in [4.78, 5) is 30.6. The number of esters is 1. The highest BCUT2D eigenvalue weighted by Gasteiger charge is 2.30. The van der Waals surface area contributed by atoms with Gasteiger partial charge in [0.15, 0.2) is 0 Å². The molecule has 1 fully saturated rings. The molecular formula is C19H21FN2O4S. The molecule has 1 aromatic carbocycles. The summed E-state index contributed by atoms with van der Waals surface area (Å²) in [6.07, 6.45) is 1.50. The number of halogens is 1. The quantitative estimate of drug-likeness (QED) is 0.706. The highest BCUT2D eigenvalue weighted by molar-refractivity contribution is 7.09. The van der Waals surface area contributed by atoms with Crippen LogP contribution in [-0.4, -0.2) is 41.5 Å². The molecule has 1 saturated heterocycles. The van der Waals surface area contributed by atoms with E-state index in [1.165, 1.54) is 35.6 Å². The number of likely N-dealkylation sites (tertiary alicyclic amines) is 1. The van der Waals surface area contributed by atoms with Gasteiger partial charge in [0.25, 0.3) is 5.91 Å². The lowest BCUT2D eigenvalue weighted by atomic mass is 9.98. The molecule has 3 rings (SSSR count). The third-order valence-corrected chi connectivity index (χ3v) is 5.10. The number of benzene rings is 1. The van der Waals surface area contributed by atoms with Gasteiger partial charge in [0.1, 0.15) is 28.9 Å². The van der Waals surface area contributed by atoms with Crippen LogP contribution in [0.1, 0.15) is 35.3 Å². The van der Waals surface area contributed by atoms with Crippen LogP contribution in [0.4, 0.5) is 4.39 Å². The molecule has 1 aliphatic rings. The molecule has 6 nitrogen and oxygen atoms in total. The zero-order valence-electron chi connectivity index (χ0n) is 15.0. The van der Waals surface area contributed by atoms with Crippen LogP contribution in [0.25, 0.3) is 0 Å². The lowest BCUT2D eigenvalue weighted by Crippen LogP contribution is -2.43. The molecule has 0 radical (unpaired) electrons. The summed E-state index contributed by atoms with van der Waals surface area (Å²) in [7, 11) is 0. The predicted molar refractivity (Wildman–Crippen MR) is 98.1 cm³/mol. The van der Waals surface area contributed by atoms with E-state index < -0.39 is 0 Å². The van der Waals surface area contributed by atoms with Crippen molar-refractivity contribution in [3.8, 4) is 5.75 Å². The zero-order chi connectivity index (χ0) is 19.2. The molecule has 0 saturated carbocycles. The molecule has 144 valence electrons. The third kappa shape index (κ3) is 5.03. The zero-order valence-corrected chi connectivity index (χ0v) is 15.8. The van der Waals surface area contributed by atoms with E-state index in [9.17, 15) is 14.0 Å². The van der Waals surface area contributed by atoms with Crippen LogP contribution in [0, 0.1) is 11.7 Å². The minimum absolute atomic E-state index is 0.187. The average molecular weight is 392 g/mol. The first kappa shape index (κ1) is 19.3. The van der Waals surface area contributed by atoms with Crippen LogP contribution < -0.4 is 4.74 Å². The number of hydrogen-bond donors (Lipinski definition) is 0. The van der Waals surface area contributed by atoms with Gasteiger partial charge in [-0.05, 0) is 44.0 Å². The molecule has 1 atom stereocenters. The van der Waals surface area contributed by atoms with Gasteiger partial charge >= 0.3 is 5.97 Å². The monoisotopic (exact) mass is 392 g/mol. The summed E-state index contributed by atoms with van der Waals surface area (Å²) in [5.41, 5.74) is 0.349. The number of hydrogen-bond acceptors (Lipinski definition) is 6. The van der Waals surface area contributed by atoms with E-state index >= 15 is 0 Å². The molecule has 2 aromatic rings. The summed E-state index contributed by atoms with van der Waals surface area (Å²) in [6, 6.07) is 5.72. The van der Waals surface area contributed by atoms with Gasteiger partial charge in [-0.3, -0.25) is 9.59 Å². The highest BCUT2D eigenvalue weighted by Crippen LogP contribution is 2.21.